The molecule has 0 aliphatic heterocycles. The van der Waals surface area contributed by atoms with Crippen LogP contribution >= 0.6 is 11.8 Å². The number of amides is 1. The van der Waals surface area contributed by atoms with Gasteiger partial charge in [0.2, 0.25) is 5.91 Å². The Balaban J connectivity index is 2.77. The second kappa shape index (κ2) is 6.17. The van der Waals surface area contributed by atoms with Crippen LogP contribution < -0.4 is 5.32 Å². The standard InChI is InChI=1S/C11H13NO3S/c1-16-7-9(13)12-10(11(14)15)8-5-3-2-4-6-8/h2-6,10H,7H2,1H3,(H,12,13)(H,14,15)/t10-/m1/s1. The molecule has 1 amide bonds. The molecule has 2 N–H and O–H groups in total. The minimum atomic E-state index is -1.05. The number of hydrogen-bond donors (Lipinski definition) is 2. The number of carboxylic acids is 1. The summed E-state index contributed by atoms with van der Waals surface area (Å²) in [6, 6.07) is 7.67. The largest absolute Gasteiger partial charge is 0.479 e. The van der Waals surface area contributed by atoms with E-state index in [-0.39, 0.29) is 11.7 Å². The van der Waals surface area contributed by atoms with E-state index >= 15 is 0 Å². The molecule has 4 nitrogen and oxygen atoms in total. The zero-order valence-electron chi connectivity index (χ0n) is 8.84. The molecule has 0 saturated heterocycles. The first-order valence-electron chi connectivity index (χ1n) is 4.71. The molecule has 0 spiro atoms. The first-order chi connectivity index (χ1) is 7.65. The maximum Gasteiger partial charge on any atom is 0.330 e. The van der Waals surface area contributed by atoms with Crippen molar-refractivity contribution in [2.45, 2.75) is 6.04 Å². The van der Waals surface area contributed by atoms with Gasteiger partial charge in [0.25, 0.3) is 0 Å². The number of carbonyl (C=O) groups excluding carboxylic acids is 1. The lowest BCUT2D eigenvalue weighted by Gasteiger charge is -2.14. The fourth-order valence-corrected chi connectivity index (χ4v) is 1.61. The Kier molecular flexibility index (Phi) is 4.85. The van der Waals surface area contributed by atoms with Gasteiger partial charge in [-0.3, -0.25) is 4.79 Å². The van der Waals surface area contributed by atoms with E-state index in [1.165, 1.54) is 11.8 Å². The first kappa shape index (κ1) is 12.6. The number of benzene rings is 1. The lowest BCUT2D eigenvalue weighted by molar-refractivity contribution is -0.141. The highest BCUT2D eigenvalue weighted by Gasteiger charge is 2.21. The van der Waals surface area contributed by atoms with Gasteiger partial charge in [0.05, 0.1) is 5.75 Å². The average Bonchev–Trinajstić information content (AvgIpc) is 2.27. The minimum Gasteiger partial charge on any atom is -0.479 e. The lowest BCUT2D eigenvalue weighted by Crippen LogP contribution is -2.34. The van der Waals surface area contributed by atoms with E-state index in [0.29, 0.717) is 5.56 Å². The molecular weight excluding hydrogens is 226 g/mol. The number of rotatable bonds is 5. The predicted molar refractivity (Wildman–Crippen MR) is 63.3 cm³/mol. The van der Waals surface area contributed by atoms with Gasteiger partial charge in [-0.05, 0) is 11.8 Å². The molecule has 5 heteroatoms. The number of aliphatic carboxylic acids is 1. The van der Waals surface area contributed by atoms with Crippen LogP contribution in [0.25, 0.3) is 0 Å². The highest BCUT2D eigenvalue weighted by atomic mass is 32.2. The second-order valence-corrected chi connectivity index (χ2v) is 4.05. The lowest BCUT2D eigenvalue weighted by atomic mass is 10.1. The van der Waals surface area contributed by atoms with E-state index in [9.17, 15) is 9.59 Å². The maximum absolute atomic E-state index is 11.3. The molecule has 0 saturated carbocycles. The van der Waals surface area contributed by atoms with E-state index in [2.05, 4.69) is 5.32 Å². The van der Waals surface area contributed by atoms with Gasteiger partial charge < -0.3 is 10.4 Å². The van der Waals surface area contributed by atoms with Crippen molar-refractivity contribution in [1.82, 2.24) is 5.32 Å². The number of hydrogen-bond acceptors (Lipinski definition) is 3. The molecule has 0 aliphatic carbocycles. The van der Waals surface area contributed by atoms with Crippen molar-refractivity contribution in [3.8, 4) is 0 Å². The third-order valence-corrected chi connectivity index (χ3v) is 2.51. The molecule has 86 valence electrons. The molecule has 0 fully saturated rings. The summed E-state index contributed by atoms with van der Waals surface area (Å²) < 4.78 is 0. The van der Waals surface area contributed by atoms with Crippen LogP contribution in [0.2, 0.25) is 0 Å². The third kappa shape index (κ3) is 3.58. The van der Waals surface area contributed by atoms with Crippen LogP contribution in [0.5, 0.6) is 0 Å². The summed E-state index contributed by atoms with van der Waals surface area (Å²) in [7, 11) is 0. The van der Waals surface area contributed by atoms with Crippen molar-refractivity contribution in [1.29, 1.82) is 0 Å². The minimum absolute atomic E-state index is 0.261. The summed E-state index contributed by atoms with van der Waals surface area (Å²) in [4.78, 5) is 22.4. The highest BCUT2D eigenvalue weighted by molar-refractivity contribution is 7.99. The van der Waals surface area contributed by atoms with Crippen molar-refractivity contribution in [3.05, 3.63) is 35.9 Å². The van der Waals surface area contributed by atoms with Crippen molar-refractivity contribution in [2.24, 2.45) is 0 Å². The van der Waals surface area contributed by atoms with Crippen LogP contribution in [0.3, 0.4) is 0 Å². The Bertz CT molecular complexity index is 367. The van der Waals surface area contributed by atoms with Gasteiger partial charge in [0, 0.05) is 0 Å². The van der Waals surface area contributed by atoms with Crippen LogP contribution in [-0.2, 0) is 9.59 Å². The normalized spacial score (nSPS) is 11.8. The van der Waals surface area contributed by atoms with Crippen LogP contribution in [-0.4, -0.2) is 29.0 Å². The van der Waals surface area contributed by atoms with Gasteiger partial charge in [-0.2, -0.15) is 11.8 Å². The van der Waals surface area contributed by atoms with Gasteiger partial charge in [0.1, 0.15) is 0 Å². The number of nitrogens with one attached hydrogen (secondary N) is 1. The van der Waals surface area contributed by atoms with Crippen molar-refractivity contribution in [2.75, 3.05) is 12.0 Å². The van der Waals surface area contributed by atoms with Gasteiger partial charge in [-0.25, -0.2) is 4.79 Å². The van der Waals surface area contributed by atoms with Crippen molar-refractivity contribution >= 4 is 23.6 Å². The Morgan fingerprint density at radius 2 is 2.00 bits per heavy atom. The Morgan fingerprint density at radius 3 is 2.50 bits per heavy atom. The molecule has 0 aromatic heterocycles. The summed E-state index contributed by atoms with van der Waals surface area (Å²) in [6.07, 6.45) is 1.79. The molecule has 1 atom stereocenters. The van der Waals surface area contributed by atoms with Crippen LogP contribution in [0, 0.1) is 0 Å². The number of carboxylic acid groups (broad SMARTS) is 1. The summed E-state index contributed by atoms with van der Waals surface area (Å²) >= 11 is 1.35. The zero-order valence-corrected chi connectivity index (χ0v) is 9.66. The molecule has 0 radical (unpaired) electrons. The summed E-state index contributed by atoms with van der Waals surface area (Å²) in [6.45, 7) is 0. The molecule has 1 aromatic rings. The van der Waals surface area contributed by atoms with E-state index in [1.807, 2.05) is 0 Å². The molecule has 0 aliphatic rings. The second-order valence-electron chi connectivity index (χ2n) is 3.18. The topological polar surface area (TPSA) is 66.4 Å². The fourth-order valence-electron chi connectivity index (χ4n) is 1.27. The summed E-state index contributed by atoms with van der Waals surface area (Å²) in [5, 5.41) is 11.5. The molecule has 0 bridgehead atoms. The van der Waals surface area contributed by atoms with Gasteiger partial charge in [-0.15, -0.1) is 0 Å². The first-order valence-corrected chi connectivity index (χ1v) is 6.10. The smallest absolute Gasteiger partial charge is 0.330 e. The maximum atomic E-state index is 11.3. The summed E-state index contributed by atoms with van der Waals surface area (Å²) in [5.74, 6) is -1.07. The molecule has 1 aromatic carbocycles. The zero-order chi connectivity index (χ0) is 12.0. The monoisotopic (exact) mass is 239 g/mol. The van der Waals surface area contributed by atoms with Crippen molar-refractivity contribution in [3.63, 3.8) is 0 Å². The fraction of sp³-hybridized carbons (Fsp3) is 0.273. The van der Waals surface area contributed by atoms with Gasteiger partial charge in [0.15, 0.2) is 6.04 Å². The number of carbonyl (C=O) groups is 2. The molecule has 0 unspecified atom stereocenters. The van der Waals surface area contributed by atoms with Crippen LogP contribution in [0.4, 0.5) is 0 Å². The van der Waals surface area contributed by atoms with Gasteiger partial charge in [-0.1, -0.05) is 30.3 Å². The van der Waals surface area contributed by atoms with E-state index < -0.39 is 12.0 Å². The molecule has 0 heterocycles. The van der Waals surface area contributed by atoms with Crippen molar-refractivity contribution < 1.29 is 14.7 Å². The summed E-state index contributed by atoms with van der Waals surface area (Å²) in [5.41, 5.74) is 0.574. The predicted octanol–water partition coefficient (Wildman–Crippen LogP) is 1.29. The molecule has 1 rings (SSSR count). The SMILES string of the molecule is CSCC(=O)N[C@@H](C(=O)O)c1ccccc1. The average molecular weight is 239 g/mol. The van der Waals surface area contributed by atoms with E-state index in [1.54, 1.807) is 36.6 Å². The van der Waals surface area contributed by atoms with Crippen LogP contribution in [0.15, 0.2) is 30.3 Å². The Labute approximate surface area is 98.0 Å². The Hall–Kier alpha value is -1.49. The quantitative estimate of drug-likeness (QED) is 0.812. The van der Waals surface area contributed by atoms with E-state index in [4.69, 9.17) is 5.11 Å². The highest BCUT2D eigenvalue weighted by Crippen LogP contribution is 2.12. The van der Waals surface area contributed by atoms with Crippen LogP contribution in [0.1, 0.15) is 11.6 Å². The van der Waals surface area contributed by atoms with E-state index in [0.717, 1.165) is 0 Å². The Morgan fingerprint density at radius 1 is 1.38 bits per heavy atom. The molecule has 16 heavy (non-hydrogen) atoms. The van der Waals surface area contributed by atoms with Gasteiger partial charge >= 0.3 is 5.97 Å². The molecular formula is C11H13NO3S. The number of thioether (sulfide) groups is 1. The third-order valence-electron chi connectivity index (χ3n) is 1.96.